The summed E-state index contributed by atoms with van der Waals surface area (Å²) in [6, 6.07) is 10.4. The molecule has 2 amide bonds. The minimum atomic E-state index is -0.216. The van der Waals surface area contributed by atoms with Crippen LogP contribution in [0.2, 0.25) is 0 Å². The minimum absolute atomic E-state index is 0.160. The van der Waals surface area contributed by atoms with E-state index < -0.39 is 0 Å². The molecule has 0 aliphatic carbocycles. The Morgan fingerprint density at radius 1 is 0.679 bits per heavy atom. The molecule has 2 aromatic heterocycles. The zero-order valence-corrected chi connectivity index (χ0v) is 16.2. The van der Waals surface area contributed by atoms with E-state index in [0.717, 1.165) is 0 Å². The Hall–Kier alpha value is -2.98. The van der Waals surface area contributed by atoms with Gasteiger partial charge in [-0.05, 0) is 24.3 Å². The SMILES string of the molecule is O=C(CSc1ncccn1)Nc1ccccc1NC(=O)CSc1ncccn1. The lowest BCUT2D eigenvalue weighted by atomic mass is 10.2. The van der Waals surface area contributed by atoms with Crippen molar-refractivity contribution in [1.29, 1.82) is 0 Å². The Balaban J connectivity index is 1.53. The summed E-state index contributed by atoms with van der Waals surface area (Å²) in [6.07, 6.45) is 6.49. The number of carbonyl (C=O) groups is 2. The summed E-state index contributed by atoms with van der Waals surface area (Å²) in [5, 5.41) is 6.65. The standard InChI is InChI=1S/C18H16N6O2S2/c25-15(11-27-17-19-7-3-8-20-17)23-13-5-1-2-6-14(13)24-16(26)12-28-18-21-9-4-10-22-18/h1-10H,11-12H2,(H,23,25)(H,24,26). The summed E-state index contributed by atoms with van der Waals surface area (Å²) in [6.45, 7) is 0. The predicted octanol–water partition coefficient (Wildman–Crippen LogP) is 2.73. The van der Waals surface area contributed by atoms with Crippen molar-refractivity contribution in [3.05, 3.63) is 61.2 Å². The second-order valence-corrected chi connectivity index (χ2v) is 7.17. The molecule has 0 radical (unpaired) electrons. The van der Waals surface area contributed by atoms with Crippen molar-refractivity contribution in [2.75, 3.05) is 22.1 Å². The molecule has 0 fully saturated rings. The van der Waals surface area contributed by atoms with E-state index >= 15 is 0 Å². The molecule has 0 saturated carbocycles. The van der Waals surface area contributed by atoms with E-state index in [2.05, 4.69) is 30.6 Å². The van der Waals surface area contributed by atoms with Gasteiger partial charge in [0, 0.05) is 24.8 Å². The van der Waals surface area contributed by atoms with Gasteiger partial charge in [0.1, 0.15) is 0 Å². The number of thioether (sulfide) groups is 2. The zero-order chi connectivity index (χ0) is 19.6. The van der Waals surface area contributed by atoms with E-state index in [1.54, 1.807) is 61.2 Å². The van der Waals surface area contributed by atoms with Crippen LogP contribution >= 0.6 is 23.5 Å². The Kier molecular flexibility index (Phi) is 7.33. The maximum Gasteiger partial charge on any atom is 0.234 e. The maximum atomic E-state index is 12.2. The second kappa shape index (κ2) is 10.4. The molecule has 0 aliphatic rings. The average molecular weight is 413 g/mol. The van der Waals surface area contributed by atoms with E-state index in [9.17, 15) is 9.59 Å². The van der Waals surface area contributed by atoms with Crippen molar-refractivity contribution < 1.29 is 9.59 Å². The summed E-state index contributed by atoms with van der Waals surface area (Å²) < 4.78 is 0. The van der Waals surface area contributed by atoms with Gasteiger partial charge in [0.15, 0.2) is 10.3 Å². The maximum absolute atomic E-state index is 12.2. The molecule has 0 spiro atoms. The van der Waals surface area contributed by atoms with Crippen LogP contribution in [0.5, 0.6) is 0 Å². The highest BCUT2D eigenvalue weighted by Crippen LogP contribution is 2.22. The summed E-state index contributed by atoms with van der Waals surface area (Å²) in [4.78, 5) is 40.7. The smallest absolute Gasteiger partial charge is 0.234 e. The molecule has 0 saturated heterocycles. The molecular weight excluding hydrogens is 396 g/mol. The molecular formula is C18H16N6O2S2. The van der Waals surface area contributed by atoms with Crippen LogP contribution in [0.4, 0.5) is 11.4 Å². The van der Waals surface area contributed by atoms with Gasteiger partial charge in [-0.2, -0.15) is 0 Å². The van der Waals surface area contributed by atoms with Crippen molar-refractivity contribution in [2.45, 2.75) is 10.3 Å². The lowest BCUT2D eigenvalue weighted by molar-refractivity contribution is -0.114. The van der Waals surface area contributed by atoms with Gasteiger partial charge in [-0.15, -0.1) is 0 Å². The molecule has 8 nitrogen and oxygen atoms in total. The van der Waals surface area contributed by atoms with E-state index in [0.29, 0.717) is 21.7 Å². The molecule has 3 aromatic rings. The van der Waals surface area contributed by atoms with E-state index in [-0.39, 0.29) is 23.3 Å². The van der Waals surface area contributed by atoms with Crippen molar-refractivity contribution >= 4 is 46.7 Å². The van der Waals surface area contributed by atoms with Crippen LogP contribution in [0.15, 0.2) is 71.5 Å². The van der Waals surface area contributed by atoms with Crippen molar-refractivity contribution in [3.8, 4) is 0 Å². The van der Waals surface area contributed by atoms with Crippen molar-refractivity contribution in [3.63, 3.8) is 0 Å². The van der Waals surface area contributed by atoms with Gasteiger partial charge < -0.3 is 10.6 Å². The van der Waals surface area contributed by atoms with Crippen LogP contribution in [-0.2, 0) is 9.59 Å². The summed E-state index contributed by atoms with van der Waals surface area (Å²) >= 11 is 2.47. The highest BCUT2D eigenvalue weighted by molar-refractivity contribution is 8.00. The molecule has 0 bridgehead atoms. The number of rotatable bonds is 8. The molecule has 0 aliphatic heterocycles. The molecule has 142 valence electrons. The highest BCUT2D eigenvalue weighted by Gasteiger charge is 2.11. The number of amides is 2. The molecule has 3 rings (SSSR count). The number of nitrogens with zero attached hydrogens (tertiary/aromatic N) is 4. The largest absolute Gasteiger partial charge is 0.324 e. The van der Waals surface area contributed by atoms with Gasteiger partial charge in [0.25, 0.3) is 0 Å². The van der Waals surface area contributed by atoms with Gasteiger partial charge in [0.2, 0.25) is 11.8 Å². The van der Waals surface area contributed by atoms with Crippen LogP contribution in [-0.4, -0.2) is 43.3 Å². The Bertz CT molecular complexity index is 851. The number of nitrogens with one attached hydrogen (secondary N) is 2. The fraction of sp³-hybridized carbons (Fsp3) is 0.111. The number of aromatic nitrogens is 4. The lowest BCUT2D eigenvalue weighted by Crippen LogP contribution is -2.19. The fourth-order valence-electron chi connectivity index (χ4n) is 2.05. The highest BCUT2D eigenvalue weighted by atomic mass is 32.2. The molecule has 0 unspecified atom stereocenters. The van der Waals surface area contributed by atoms with Crippen LogP contribution in [0.3, 0.4) is 0 Å². The molecule has 2 N–H and O–H groups in total. The molecule has 1 aromatic carbocycles. The number of hydrogen-bond donors (Lipinski definition) is 2. The first-order chi connectivity index (χ1) is 13.7. The third-order valence-corrected chi connectivity index (χ3v) is 4.98. The number of para-hydroxylation sites is 2. The fourth-order valence-corrected chi connectivity index (χ4v) is 3.26. The zero-order valence-electron chi connectivity index (χ0n) is 14.6. The monoisotopic (exact) mass is 412 g/mol. The normalized spacial score (nSPS) is 10.3. The summed E-state index contributed by atoms with van der Waals surface area (Å²) in [5.41, 5.74) is 1.05. The lowest BCUT2D eigenvalue weighted by Gasteiger charge is -2.12. The molecule has 0 atom stereocenters. The molecule has 10 heteroatoms. The van der Waals surface area contributed by atoms with Crippen LogP contribution in [0, 0.1) is 0 Å². The van der Waals surface area contributed by atoms with Crippen molar-refractivity contribution in [1.82, 2.24) is 19.9 Å². The van der Waals surface area contributed by atoms with Gasteiger partial charge in [-0.25, -0.2) is 19.9 Å². The summed E-state index contributed by atoms with van der Waals surface area (Å²) in [5.74, 6) is -0.113. The average Bonchev–Trinajstić information content (AvgIpc) is 2.74. The van der Waals surface area contributed by atoms with E-state index in [1.165, 1.54) is 23.5 Å². The Morgan fingerprint density at radius 2 is 1.07 bits per heavy atom. The summed E-state index contributed by atoms with van der Waals surface area (Å²) in [7, 11) is 0. The Morgan fingerprint density at radius 3 is 1.46 bits per heavy atom. The number of hydrogen-bond acceptors (Lipinski definition) is 8. The van der Waals surface area contributed by atoms with Gasteiger partial charge >= 0.3 is 0 Å². The van der Waals surface area contributed by atoms with Crippen LogP contribution in [0.25, 0.3) is 0 Å². The van der Waals surface area contributed by atoms with Crippen LogP contribution in [0.1, 0.15) is 0 Å². The van der Waals surface area contributed by atoms with E-state index in [4.69, 9.17) is 0 Å². The second-order valence-electron chi connectivity index (χ2n) is 5.28. The Labute approximate surface area is 170 Å². The third kappa shape index (κ3) is 6.32. The quantitative estimate of drug-likeness (QED) is 0.429. The predicted molar refractivity (Wildman–Crippen MR) is 109 cm³/mol. The molecule has 2 heterocycles. The number of carbonyl (C=O) groups excluding carboxylic acids is 2. The van der Waals surface area contributed by atoms with Gasteiger partial charge in [0.05, 0.1) is 22.9 Å². The third-order valence-electron chi connectivity index (χ3n) is 3.22. The van der Waals surface area contributed by atoms with Crippen LogP contribution < -0.4 is 10.6 Å². The van der Waals surface area contributed by atoms with Crippen molar-refractivity contribution in [2.24, 2.45) is 0 Å². The molecule has 28 heavy (non-hydrogen) atoms. The first-order valence-corrected chi connectivity index (χ1v) is 10.2. The number of benzene rings is 1. The van der Waals surface area contributed by atoms with Gasteiger partial charge in [-0.1, -0.05) is 35.7 Å². The first kappa shape index (κ1) is 19.8. The topological polar surface area (TPSA) is 110 Å². The number of anilines is 2. The van der Waals surface area contributed by atoms with Gasteiger partial charge in [-0.3, -0.25) is 9.59 Å². The van der Waals surface area contributed by atoms with E-state index in [1.807, 2.05) is 0 Å². The minimum Gasteiger partial charge on any atom is -0.324 e. The first-order valence-electron chi connectivity index (χ1n) is 8.19.